The van der Waals surface area contributed by atoms with Crippen molar-refractivity contribution >= 4 is 11.6 Å². The Morgan fingerprint density at radius 3 is 2.83 bits per heavy atom. The Bertz CT molecular complexity index is 818. The molecule has 0 fully saturated rings. The van der Waals surface area contributed by atoms with Crippen molar-refractivity contribution in [3.63, 3.8) is 0 Å². The van der Waals surface area contributed by atoms with Crippen molar-refractivity contribution in [3.05, 3.63) is 66.4 Å². The van der Waals surface area contributed by atoms with Crippen LogP contribution in [0.1, 0.15) is 18.5 Å². The molecule has 1 amide bonds. The van der Waals surface area contributed by atoms with E-state index in [0.29, 0.717) is 37.3 Å². The summed E-state index contributed by atoms with van der Waals surface area (Å²) in [7, 11) is 0. The molecule has 5 nitrogen and oxygen atoms in total. The molecule has 0 unspecified atom stereocenters. The van der Waals surface area contributed by atoms with Crippen LogP contribution < -0.4 is 10.1 Å². The fraction of sp³-hybridized carbons (Fsp3) is 0.222. The van der Waals surface area contributed by atoms with Crippen molar-refractivity contribution in [2.45, 2.75) is 19.4 Å². The highest BCUT2D eigenvalue weighted by atomic mass is 19.1. The summed E-state index contributed by atoms with van der Waals surface area (Å²) in [4.78, 5) is 16.2. The van der Waals surface area contributed by atoms with Gasteiger partial charge >= 0.3 is 0 Å². The zero-order valence-corrected chi connectivity index (χ0v) is 13.1. The number of para-hydroxylation sites is 1. The first-order valence-electron chi connectivity index (χ1n) is 7.78. The minimum Gasteiger partial charge on any atom is -0.494 e. The molecular weight excluding hydrogens is 309 g/mol. The molecule has 0 bridgehead atoms. The minimum absolute atomic E-state index is 0.0603. The maximum absolute atomic E-state index is 13.1. The number of nitrogens with zero attached hydrogens (tertiary/aromatic N) is 2. The van der Waals surface area contributed by atoms with Crippen molar-refractivity contribution in [2.75, 3.05) is 6.61 Å². The van der Waals surface area contributed by atoms with Gasteiger partial charge in [-0.2, -0.15) is 0 Å². The number of carbonyl (C=O) groups is 1. The highest BCUT2D eigenvalue weighted by Gasteiger charge is 2.05. The van der Waals surface area contributed by atoms with E-state index in [9.17, 15) is 9.18 Å². The third-order valence-electron chi connectivity index (χ3n) is 3.49. The molecule has 1 aromatic carbocycles. The molecule has 6 heteroatoms. The van der Waals surface area contributed by atoms with Gasteiger partial charge in [0.05, 0.1) is 18.8 Å². The van der Waals surface area contributed by atoms with Crippen LogP contribution in [0.25, 0.3) is 5.65 Å². The first-order valence-corrected chi connectivity index (χ1v) is 7.78. The quantitative estimate of drug-likeness (QED) is 0.679. The average molecular weight is 327 g/mol. The number of rotatable bonds is 7. The lowest BCUT2D eigenvalue weighted by Gasteiger charge is -2.06. The zero-order chi connectivity index (χ0) is 16.8. The Hall–Kier alpha value is -2.89. The molecule has 3 aromatic rings. The zero-order valence-electron chi connectivity index (χ0n) is 13.1. The normalized spacial score (nSPS) is 10.7. The second-order valence-electron chi connectivity index (χ2n) is 5.39. The summed E-state index contributed by atoms with van der Waals surface area (Å²) in [5.74, 6) is 0.415. The summed E-state index contributed by atoms with van der Waals surface area (Å²) in [5, 5.41) is 2.81. The third kappa shape index (κ3) is 4.32. The summed E-state index contributed by atoms with van der Waals surface area (Å²) in [6, 6.07) is 12.5. The van der Waals surface area contributed by atoms with Crippen LogP contribution in [0, 0.1) is 5.82 Å². The summed E-state index contributed by atoms with van der Waals surface area (Å²) in [6.07, 6.45) is 4.08. The Morgan fingerprint density at radius 2 is 2.00 bits per heavy atom. The van der Waals surface area contributed by atoms with E-state index in [2.05, 4.69) is 10.3 Å². The van der Waals surface area contributed by atoms with Crippen LogP contribution in [-0.4, -0.2) is 21.9 Å². The lowest BCUT2D eigenvalue weighted by Crippen LogP contribution is -2.23. The largest absolute Gasteiger partial charge is 0.494 e. The molecular formula is C18H18FN3O2. The fourth-order valence-corrected chi connectivity index (χ4v) is 2.32. The average Bonchev–Trinajstić information content (AvgIpc) is 3.00. The number of benzene rings is 1. The molecule has 124 valence electrons. The van der Waals surface area contributed by atoms with Crippen LogP contribution >= 0.6 is 0 Å². The van der Waals surface area contributed by atoms with E-state index in [0.717, 1.165) is 5.75 Å². The molecule has 2 aromatic heterocycles. The van der Waals surface area contributed by atoms with Crippen molar-refractivity contribution < 1.29 is 13.9 Å². The van der Waals surface area contributed by atoms with Crippen LogP contribution in [0.5, 0.6) is 5.75 Å². The topological polar surface area (TPSA) is 55.6 Å². The molecule has 0 saturated heterocycles. The van der Waals surface area contributed by atoms with Gasteiger partial charge in [-0.25, -0.2) is 9.37 Å². The number of hydrogen-bond donors (Lipinski definition) is 1. The van der Waals surface area contributed by atoms with Gasteiger partial charge in [-0.05, 0) is 30.7 Å². The molecule has 1 N–H and O–H groups in total. The number of imidazole rings is 1. The van der Waals surface area contributed by atoms with E-state index >= 15 is 0 Å². The van der Waals surface area contributed by atoms with Gasteiger partial charge in [-0.3, -0.25) is 4.79 Å². The summed E-state index contributed by atoms with van der Waals surface area (Å²) in [5.41, 5.74) is 1.34. The maximum atomic E-state index is 13.1. The number of hydrogen-bond acceptors (Lipinski definition) is 3. The Kier molecular flexibility index (Phi) is 5.05. The lowest BCUT2D eigenvalue weighted by molar-refractivity contribution is -0.121. The number of aromatic nitrogens is 2. The van der Waals surface area contributed by atoms with E-state index in [4.69, 9.17) is 4.74 Å². The van der Waals surface area contributed by atoms with Gasteiger partial charge in [0.2, 0.25) is 5.91 Å². The summed E-state index contributed by atoms with van der Waals surface area (Å²) < 4.78 is 20.3. The molecule has 0 aliphatic rings. The molecule has 0 radical (unpaired) electrons. The predicted molar refractivity (Wildman–Crippen MR) is 88.2 cm³/mol. The van der Waals surface area contributed by atoms with Crippen molar-refractivity contribution in [1.29, 1.82) is 0 Å². The molecule has 2 heterocycles. The second kappa shape index (κ2) is 7.59. The number of halogens is 1. The summed E-state index contributed by atoms with van der Waals surface area (Å²) in [6.45, 7) is 0.812. The lowest BCUT2D eigenvalue weighted by atomic mass is 10.3. The molecule has 24 heavy (non-hydrogen) atoms. The first-order chi connectivity index (χ1) is 11.7. The Morgan fingerprint density at radius 1 is 1.17 bits per heavy atom. The smallest absolute Gasteiger partial charge is 0.220 e. The summed E-state index contributed by atoms with van der Waals surface area (Å²) >= 11 is 0. The Balaban J connectivity index is 1.40. The standard InChI is InChI=1S/C18H18FN3O2/c19-14-8-9-17-21-15(13-22(17)12-14)11-20-18(23)7-4-10-24-16-5-2-1-3-6-16/h1-3,5-6,8-9,12-13H,4,7,10-11H2,(H,20,23). The highest BCUT2D eigenvalue weighted by molar-refractivity contribution is 5.75. The molecule has 0 spiro atoms. The Labute approximate surface area is 139 Å². The van der Waals surface area contributed by atoms with E-state index in [1.54, 1.807) is 16.7 Å². The van der Waals surface area contributed by atoms with Gasteiger partial charge in [0.1, 0.15) is 17.2 Å². The monoisotopic (exact) mass is 327 g/mol. The maximum Gasteiger partial charge on any atom is 0.220 e. The van der Waals surface area contributed by atoms with Gasteiger partial charge in [-0.1, -0.05) is 18.2 Å². The second-order valence-corrected chi connectivity index (χ2v) is 5.39. The van der Waals surface area contributed by atoms with Gasteiger partial charge in [-0.15, -0.1) is 0 Å². The number of pyridine rings is 1. The predicted octanol–water partition coefficient (Wildman–Crippen LogP) is 2.95. The molecule has 0 atom stereocenters. The van der Waals surface area contributed by atoms with E-state index < -0.39 is 0 Å². The molecule has 0 saturated carbocycles. The number of ether oxygens (including phenoxy) is 1. The fourth-order valence-electron chi connectivity index (χ4n) is 2.32. The SMILES string of the molecule is O=C(CCCOc1ccccc1)NCc1cn2cc(F)ccc2n1. The molecule has 0 aliphatic heterocycles. The highest BCUT2D eigenvalue weighted by Crippen LogP contribution is 2.09. The van der Waals surface area contributed by atoms with Gasteiger partial charge in [0.25, 0.3) is 0 Å². The van der Waals surface area contributed by atoms with E-state index in [-0.39, 0.29) is 11.7 Å². The van der Waals surface area contributed by atoms with Crippen LogP contribution in [0.4, 0.5) is 4.39 Å². The van der Waals surface area contributed by atoms with Crippen LogP contribution in [-0.2, 0) is 11.3 Å². The van der Waals surface area contributed by atoms with Crippen LogP contribution in [0.3, 0.4) is 0 Å². The molecule has 0 aliphatic carbocycles. The van der Waals surface area contributed by atoms with Gasteiger partial charge < -0.3 is 14.5 Å². The van der Waals surface area contributed by atoms with Crippen molar-refractivity contribution in [3.8, 4) is 5.75 Å². The molecule has 3 rings (SSSR count). The van der Waals surface area contributed by atoms with Crippen molar-refractivity contribution in [2.24, 2.45) is 0 Å². The van der Waals surface area contributed by atoms with Crippen LogP contribution in [0.15, 0.2) is 54.9 Å². The van der Waals surface area contributed by atoms with Crippen LogP contribution in [0.2, 0.25) is 0 Å². The first kappa shape index (κ1) is 16.0. The minimum atomic E-state index is -0.325. The van der Waals surface area contributed by atoms with E-state index in [1.807, 2.05) is 30.3 Å². The van der Waals surface area contributed by atoms with Gasteiger partial charge in [0.15, 0.2) is 0 Å². The number of fused-ring (bicyclic) bond motifs is 1. The van der Waals surface area contributed by atoms with E-state index in [1.165, 1.54) is 12.3 Å². The number of carbonyl (C=O) groups excluding carboxylic acids is 1. The van der Waals surface area contributed by atoms with Crippen molar-refractivity contribution in [1.82, 2.24) is 14.7 Å². The third-order valence-corrected chi connectivity index (χ3v) is 3.49. The van der Waals surface area contributed by atoms with Gasteiger partial charge in [0, 0.05) is 18.8 Å². The number of nitrogens with one attached hydrogen (secondary N) is 1. The number of amides is 1.